The number of rotatable bonds is 5. The normalized spacial score (nSPS) is 23.2. The van der Waals surface area contributed by atoms with E-state index in [1.165, 1.54) is 29.5 Å². The number of ether oxygens (including phenoxy) is 2. The van der Waals surface area contributed by atoms with Crippen LogP contribution in [0.15, 0.2) is 36.4 Å². The van der Waals surface area contributed by atoms with Gasteiger partial charge in [-0.25, -0.2) is 0 Å². The molecule has 0 radical (unpaired) electrons. The zero-order chi connectivity index (χ0) is 17.7. The molecule has 1 unspecified atom stereocenters. The van der Waals surface area contributed by atoms with Gasteiger partial charge in [-0.1, -0.05) is 24.3 Å². The van der Waals surface area contributed by atoms with E-state index in [0.717, 1.165) is 35.8 Å². The molecule has 0 saturated heterocycles. The number of carbonyl (C=O) groups is 1. The van der Waals surface area contributed by atoms with Gasteiger partial charge in [-0.3, -0.25) is 4.79 Å². The molecule has 2 aromatic rings. The second-order valence-corrected chi connectivity index (χ2v) is 7.64. The first-order valence-electron chi connectivity index (χ1n) is 9.46. The van der Waals surface area contributed by atoms with Crippen molar-refractivity contribution in [3.63, 3.8) is 0 Å². The van der Waals surface area contributed by atoms with E-state index in [2.05, 4.69) is 18.2 Å². The molecule has 3 aliphatic rings. The summed E-state index contributed by atoms with van der Waals surface area (Å²) in [6.07, 6.45) is 4.95. The highest BCUT2D eigenvalue weighted by Gasteiger charge is 2.33. The Morgan fingerprint density at radius 3 is 2.77 bits per heavy atom. The summed E-state index contributed by atoms with van der Waals surface area (Å²) < 4.78 is 12.0. The van der Waals surface area contributed by atoms with Gasteiger partial charge in [0.25, 0.3) is 0 Å². The average molecular weight is 350 g/mol. The SMILES string of the molecule is O=C(O)CC1COc2cc(O[C@@H]3CCc4c(C5CC5)cccc43)ccc21. The lowest BCUT2D eigenvalue weighted by Crippen LogP contribution is -2.07. The van der Waals surface area contributed by atoms with Gasteiger partial charge in [-0.05, 0) is 54.4 Å². The third kappa shape index (κ3) is 2.74. The van der Waals surface area contributed by atoms with Crippen LogP contribution in [-0.2, 0) is 11.2 Å². The predicted molar refractivity (Wildman–Crippen MR) is 97.0 cm³/mol. The molecule has 2 atom stereocenters. The lowest BCUT2D eigenvalue weighted by Gasteiger charge is -2.16. The first-order valence-corrected chi connectivity index (χ1v) is 9.46. The summed E-state index contributed by atoms with van der Waals surface area (Å²) in [5.74, 6) is 1.47. The van der Waals surface area contributed by atoms with Crippen molar-refractivity contribution < 1.29 is 19.4 Å². The van der Waals surface area contributed by atoms with Crippen LogP contribution in [0.1, 0.15) is 65.9 Å². The van der Waals surface area contributed by atoms with Crippen LogP contribution < -0.4 is 9.47 Å². The molecule has 2 aliphatic carbocycles. The first-order chi connectivity index (χ1) is 12.7. The zero-order valence-electron chi connectivity index (χ0n) is 14.6. The molecular weight excluding hydrogens is 328 g/mol. The Labute approximate surface area is 152 Å². The number of hydrogen-bond acceptors (Lipinski definition) is 3. The molecule has 1 N–H and O–H groups in total. The van der Waals surface area contributed by atoms with Crippen LogP contribution in [0.4, 0.5) is 0 Å². The maximum atomic E-state index is 11.0. The van der Waals surface area contributed by atoms with E-state index < -0.39 is 5.97 Å². The molecule has 134 valence electrons. The average Bonchev–Trinajstić information content (AvgIpc) is 3.29. The Morgan fingerprint density at radius 2 is 1.96 bits per heavy atom. The fraction of sp³-hybridized carbons (Fsp3) is 0.409. The van der Waals surface area contributed by atoms with E-state index >= 15 is 0 Å². The van der Waals surface area contributed by atoms with Crippen molar-refractivity contribution in [2.24, 2.45) is 0 Å². The van der Waals surface area contributed by atoms with E-state index in [4.69, 9.17) is 14.6 Å². The Balaban J connectivity index is 1.36. The molecule has 0 amide bonds. The van der Waals surface area contributed by atoms with Crippen LogP contribution in [0, 0.1) is 0 Å². The maximum absolute atomic E-state index is 11.0. The van der Waals surface area contributed by atoms with E-state index in [-0.39, 0.29) is 18.4 Å². The van der Waals surface area contributed by atoms with Gasteiger partial charge >= 0.3 is 5.97 Å². The van der Waals surface area contributed by atoms with Gasteiger partial charge < -0.3 is 14.6 Å². The monoisotopic (exact) mass is 350 g/mol. The van der Waals surface area contributed by atoms with Crippen LogP contribution in [0.5, 0.6) is 11.5 Å². The molecule has 1 saturated carbocycles. The summed E-state index contributed by atoms with van der Waals surface area (Å²) in [5.41, 5.74) is 5.34. The van der Waals surface area contributed by atoms with E-state index in [1.54, 1.807) is 0 Å². The minimum atomic E-state index is -0.791. The number of benzene rings is 2. The highest BCUT2D eigenvalue weighted by atomic mass is 16.5. The van der Waals surface area contributed by atoms with Gasteiger partial charge in [-0.2, -0.15) is 0 Å². The van der Waals surface area contributed by atoms with Crippen molar-refractivity contribution >= 4 is 5.97 Å². The Morgan fingerprint density at radius 1 is 1.12 bits per heavy atom. The van der Waals surface area contributed by atoms with Gasteiger partial charge in [0.2, 0.25) is 0 Å². The van der Waals surface area contributed by atoms with Crippen molar-refractivity contribution in [1.29, 1.82) is 0 Å². The molecule has 1 fully saturated rings. The number of fused-ring (bicyclic) bond motifs is 2. The number of aliphatic carboxylic acids is 1. The van der Waals surface area contributed by atoms with Crippen molar-refractivity contribution in [2.45, 2.75) is 50.0 Å². The number of carboxylic acid groups (broad SMARTS) is 1. The summed E-state index contributed by atoms with van der Waals surface area (Å²) in [6.45, 7) is 0.433. The molecule has 0 aromatic heterocycles. The molecule has 2 aromatic carbocycles. The standard InChI is InChI=1S/C22H22O4/c23-22(24)10-14-12-25-21-11-15(6-7-17(14)21)26-20-9-8-18-16(13-4-5-13)2-1-3-19(18)20/h1-3,6-7,11,13-14,20H,4-5,8-10,12H2,(H,23,24)/t14?,20-/m1/s1. The van der Waals surface area contributed by atoms with Crippen LogP contribution in [-0.4, -0.2) is 17.7 Å². The Hall–Kier alpha value is -2.49. The minimum absolute atomic E-state index is 0.0649. The van der Waals surface area contributed by atoms with E-state index in [1.807, 2.05) is 18.2 Å². The third-order valence-corrected chi connectivity index (χ3v) is 5.83. The third-order valence-electron chi connectivity index (χ3n) is 5.83. The van der Waals surface area contributed by atoms with Gasteiger partial charge in [0, 0.05) is 17.5 Å². The molecule has 4 nitrogen and oxygen atoms in total. The number of hydrogen-bond donors (Lipinski definition) is 1. The van der Waals surface area contributed by atoms with E-state index in [9.17, 15) is 4.79 Å². The largest absolute Gasteiger partial charge is 0.492 e. The highest BCUT2D eigenvalue weighted by Crippen LogP contribution is 2.47. The van der Waals surface area contributed by atoms with Gasteiger partial charge in [0.15, 0.2) is 0 Å². The van der Waals surface area contributed by atoms with Crippen LogP contribution >= 0.6 is 0 Å². The molecule has 26 heavy (non-hydrogen) atoms. The molecule has 1 heterocycles. The van der Waals surface area contributed by atoms with Crippen molar-refractivity contribution in [3.8, 4) is 11.5 Å². The summed E-state index contributed by atoms with van der Waals surface area (Å²) >= 11 is 0. The summed E-state index contributed by atoms with van der Waals surface area (Å²) in [7, 11) is 0. The fourth-order valence-electron chi connectivity index (χ4n) is 4.42. The molecule has 1 aliphatic heterocycles. The van der Waals surface area contributed by atoms with E-state index in [0.29, 0.717) is 6.61 Å². The summed E-state index contributed by atoms with van der Waals surface area (Å²) in [5, 5.41) is 9.02. The topological polar surface area (TPSA) is 55.8 Å². The second kappa shape index (κ2) is 6.04. The quantitative estimate of drug-likeness (QED) is 0.857. The van der Waals surface area contributed by atoms with Gasteiger partial charge in [0.1, 0.15) is 17.6 Å². The second-order valence-electron chi connectivity index (χ2n) is 7.64. The minimum Gasteiger partial charge on any atom is -0.492 e. The molecule has 0 bridgehead atoms. The summed E-state index contributed by atoms with van der Waals surface area (Å²) in [6, 6.07) is 12.5. The van der Waals surface area contributed by atoms with Gasteiger partial charge in [0.05, 0.1) is 13.0 Å². The van der Waals surface area contributed by atoms with Crippen LogP contribution in [0.3, 0.4) is 0 Å². The lowest BCUT2D eigenvalue weighted by atomic mass is 9.98. The van der Waals surface area contributed by atoms with Crippen LogP contribution in [0.25, 0.3) is 0 Å². The van der Waals surface area contributed by atoms with Gasteiger partial charge in [-0.15, -0.1) is 0 Å². The smallest absolute Gasteiger partial charge is 0.304 e. The number of carboxylic acids is 1. The van der Waals surface area contributed by atoms with Crippen molar-refractivity contribution in [2.75, 3.05) is 6.61 Å². The van der Waals surface area contributed by atoms with Crippen molar-refractivity contribution in [1.82, 2.24) is 0 Å². The molecule has 5 rings (SSSR count). The Kier molecular flexibility index (Phi) is 3.66. The van der Waals surface area contributed by atoms with Crippen molar-refractivity contribution in [3.05, 3.63) is 58.7 Å². The fourth-order valence-corrected chi connectivity index (χ4v) is 4.42. The molecule has 0 spiro atoms. The maximum Gasteiger partial charge on any atom is 0.304 e. The zero-order valence-corrected chi connectivity index (χ0v) is 14.6. The molecule has 4 heteroatoms. The molecular formula is C22H22O4. The highest BCUT2D eigenvalue weighted by molar-refractivity contribution is 5.68. The summed E-state index contributed by atoms with van der Waals surface area (Å²) in [4.78, 5) is 11.0. The lowest BCUT2D eigenvalue weighted by molar-refractivity contribution is -0.137. The Bertz CT molecular complexity index is 868. The van der Waals surface area contributed by atoms with Crippen LogP contribution in [0.2, 0.25) is 0 Å². The predicted octanol–water partition coefficient (Wildman–Crippen LogP) is 4.58. The first kappa shape index (κ1) is 15.7.